The molecule has 1 fully saturated rings. The summed E-state index contributed by atoms with van der Waals surface area (Å²) in [6.45, 7) is 10.1. The van der Waals surface area contributed by atoms with Gasteiger partial charge in [-0.1, -0.05) is 13.8 Å². The van der Waals surface area contributed by atoms with Crippen molar-refractivity contribution in [3.63, 3.8) is 0 Å². The molecular formula is C16H27N3. The van der Waals surface area contributed by atoms with Gasteiger partial charge < -0.3 is 10.2 Å². The molecule has 2 heterocycles. The lowest BCUT2D eigenvalue weighted by atomic mass is 9.85. The number of pyridine rings is 1. The highest BCUT2D eigenvalue weighted by Gasteiger charge is 2.24. The predicted molar refractivity (Wildman–Crippen MR) is 81.6 cm³/mol. The fourth-order valence-electron chi connectivity index (χ4n) is 2.86. The van der Waals surface area contributed by atoms with Gasteiger partial charge >= 0.3 is 0 Å². The monoisotopic (exact) mass is 261 g/mol. The number of anilines is 1. The molecule has 1 aliphatic heterocycles. The Labute approximate surface area is 117 Å². The number of hydrogen-bond donors (Lipinski definition) is 1. The van der Waals surface area contributed by atoms with Crippen molar-refractivity contribution in [1.82, 2.24) is 10.3 Å². The van der Waals surface area contributed by atoms with Crippen LogP contribution in [0.2, 0.25) is 0 Å². The van der Waals surface area contributed by atoms with E-state index in [1.807, 2.05) is 13.2 Å². The minimum Gasteiger partial charge on any atom is -0.371 e. The Bertz CT molecular complexity index is 426. The van der Waals surface area contributed by atoms with Crippen LogP contribution in [0.15, 0.2) is 12.3 Å². The average Bonchev–Trinajstić information content (AvgIpc) is 2.53. The number of rotatable bonds is 3. The van der Waals surface area contributed by atoms with E-state index in [1.54, 1.807) is 0 Å². The van der Waals surface area contributed by atoms with Crippen molar-refractivity contribution in [2.75, 3.05) is 25.0 Å². The van der Waals surface area contributed by atoms with Gasteiger partial charge in [0.1, 0.15) is 0 Å². The van der Waals surface area contributed by atoms with Crippen LogP contribution in [0.5, 0.6) is 0 Å². The lowest BCUT2D eigenvalue weighted by molar-refractivity contribution is 0.325. The van der Waals surface area contributed by atoms with Crippen LogP contribution in [0, 0.1) is 12.3 Å². The molecule has 0 atom stereocenters. The Morgan fingerprint density at radius 1 is 1.32 bits per heavy atom. The summed E-state index contributed by atoms with van der Waals surface area (Å²) >= 11 is 0. The molecule has 3 nitrogen and oxygen atoms in total. The Balaban J connectivity index is 2.22. The Kier molecular flexibility index (Phi) is 4.46. The summed E-state index contributed by atoms with van der Waals surface area (Å²) in [6.07, 6.45) is 5.91. The summed E-state index contributed by atoms with van der Waals surface area (Å²) in [6, 6.07) is 2.24. The minimum atomic E-state index is 0.486. The van der Waals surface area contributed by atoms with Gasteiger partial charge in [0.2, 0.25) is 0 Å². The van der Waals surface area contributed by atoms with Gasteiger partial charge in [-0.2, -0.15) is 0 Å². The standard InChI is InChI=1S/C16H27N3/c1-13-10-15(14(11-17-4)12-18-13)19-8-5-6-16(2,3)7-9-19/h10,12,17H,5-9,11H2,1-4H3. The molecule has 0 amide bonds. The highest BCUT2D eigenvalue weighted by Crippen LogP contribution is 2.32. The zero-order valence-electron chi connectivity index (χ0n) is 12.8. The fourth-order valence-corrected chi connectivity index (χ4v) is 2.86. The third-order valence-electron chi connectivity index (χ3n) is 4.15. The maximum atomic E-state index is 4.44. The van der Waals surface area contributed by atoms with E-state index in [0.29, 0.717) is 5.41 Å². The van der Waals surface area contributed by atoms with Crippen LogP contribution in [0.1, 0.15) is 44.4 Å². The molecule has 1 aromatic heterocycles. The second-order valence-electron chi connectivity index (χ2n) is 6.49. The molecule has 0 aromatic carbocycles. The SMILES string of the molecule is CNCc1cnc(C)cc1N1CCCC(C)(C)CC1. The first kappa shape index (κ1) is 14.3. The van der Waals surface area contributed by atoms with Crippen molar-refractivity contribution < 1.29 is 0 Å². The number of hydrogen-bond acceptors (Lipinski definition) is 3. The normalized spacial score (nSPS) is 19.3. The zero-order valence-corrected chi connectivity index (χ0v) is 12.8. The van der Waals surface area contributed by atoms with E-state index < -0.39 is 0 Å². The molecule has 0 aliphatic carbocycles. The quantitative estimate of drug-likeness (QED) is 0.906. The molecule has 3 heteroatoms. The summed E-state index contributed by atoms with van der Waals surface area (Å²) in [5.41, 5.74) is 4.28. The maximum Gasteiger partial charge on any atom is 0.0445 e. The van der Waals surface area contributed by atoms with Crippen LogP contribution < -0.4 is 10.2 Å². The van der Waals surface area contributed by atoms with Gasteiger partial charge in [-0.25, -0.2) is 0 Å². The smallest absolute Gasteiger partial charge is 0.0445 e. The van der Waals surface area contributed by atoms with E-state index >= 15 is 0 Å². The summed E-state index contributed by atoms with van der Waals surface area (Å²) in [5.74, 6) is 0. The van der Waals surface area contributed by atoms with E-state index in [9.17, 15) is 0 Å². The highest BCUT2D eigenvalue weighted by molar-refractivity contribution is 5.53. The fraction of sp³-hybridized carbons (Fsp3) is 0.688. The van der Waals surface area contributed by atoms with Crippen molar-refractivity contribution in [2.45, 2.75) is 46.6 Å². The molecule has 0 spiro atoms. The molecular weight excluding hydrogens is 234 g/mol. The minimum absolute atomic E-state index is 0.486. The summed E-state index contributed by atoms with van der Waals surface area (Å²) in [4.78, 5) is 6.99. The topological polar surface area (TPSA) is 28.2 Å². The number of aryl methyl sites for hydroxylation is 1. The third-order valence-corrected chi connectivity index (χ3v) is 4.15. The van der Waals surface area contributed by atoms with Gasteiger partial charge in [0.25, 0.3) is 0 Å². The van der Waals surface area contributed by atoms with E-state index in [2.05, 4.69) is 42.0 Å². The largest absolute Gasteiger partial charge is 0.371 e. The Hall–Kier alpha value is -1.09. The number of aromatic nitrogens is 1. The maximum absolute atomic E-state index is 4.44. The van der Waals surface area contributed by atoms with Crippen LogP contribution in [-0.2, 0) is 6.54 Å². The molecule has 2 rings (SSSR count). The van der Waals surface area contributed by atoms with Crippen molar-refractivity contribution in [3.8, 4) is 0 Å². The van der Waals surface area contributed by atoms with Gasteiger partial charge in [0.15, 0.2) is 0 Å². The van der Waals surface area contributed by atoms with Crippen LogP contribution >= 0.6 is 0 Å². The van der Waals surface area contributed by atoms with Crippen molar-refractivity contribution >= 4 is 5.69 Å². The first-order valence-electron chi connectivity index (χ1n) is 7.37. The molecule has 1 aliphatic rings. The Morgan fingerprint density at radius 3 is 2.84 bits per heavy atom. The predicted octanol–water partition coefficient (Wildman–Crippen LogP) is 3.13. The molecule has 0 bridgehead atoms. The van der Waals surface area contributed by atoms with E-state index in [0.717, 1.165) is 18.8 Å². The van der Waals surface area contributed by atoms with Crippen LogP contribution in [-0.4, -0.2) is 25.1 Å². The van der Waals surface area contributed by atoms with Crippen LogP contribution in [0.3, 0.4) is 0 Å². The summed E-state index contributed by atoms with van der Waals surface area (Å²) in [7, 11) is 2.00. The molecule has 0 saturated carbocycles. The summed E-state index contributed by atoms with van der Waals surface area (Å²) in [5, 5.41) is 3.25. The van der Waals surface area contributed by atoms with Gasteiger partial charge in [0, 0.05) is 42.8 Å². The first-order chi connectivity index (χ1) is 9.02. The third kappa shape index (κ3) is 3.69. The summed E-state index contributed by atoms with van der Waals surface area (Å²) < 4.78 is 0. The molecule has 1 aromatic rings. The molecule has 0 radical (unpaired) electrons. The lowest BCUT2D eigenvalue weighted by Crippen LogP contribution is -2.27. The van der Waals surface area contributed by atoms with Crippen molar-refractivity contribution in [1.29, 1.82) is 0 Å². The van der Waals surface area contributed by atoms with Crippen LogP contribution in [0.4, 0.5) is 5.69 Å². The molecule has 0 unspecified atom stereocenters. The number of nitrogens with one attached hydrogen (secondary N) is 1. The first-order valence-corrected chi connectivity index (χ1v) is 7.37. The van der Waals surface area contributed by atoms with Gasteiger partial charge in [0.05, 0.1) is 0 Å². The average molecular weight is 261 g/mol. The van der Waals surface area contributed by atoms with Gasteiger partial charge in [-0.3, -0.25) is 4.98 Å². The highest BCUT2D eigenvalue weighted by atomic mass is 15.1. The van der Waals surface area contributed by atoms with E-state index in [4.69, 9.17) is 0 Å². The second kappa shape index (κ2) is 5.91. The van der Waals surface area contributed by atoms with E-state index in [1.165, 1.54) is 37.1 Å². The Morgan fingerprint density at radius 2 is 2.11 bits per heavy atom. The molecule has 1 N–H and O–H groups in total. The van der Waals surface area contributed by atoms with Gasteiger partial charge in [-0.05, 0) is 44.7 Å². The molecule has 19 heavy (non-hydrogen) atoms. The molecule has 1 saturated heterocycles. The zero-order chi connectivity index (χ0) is 13.9. The molecule has 106 valence electrons. The van der Waals surface area contributed by atoms with Crippen LogP contribution in [0.25, 0.3) is 0 Å². The second-order valence-corrected chi connectivity index (χ2v) is 6.49. The van der Waals surface area contributed by atoms with Gasteiger partial charge in [-0.15, -0.1) is 0 Å². The van der Waals surface area contributed by atoms with Crippen molar-refractivity contribution in [2.24, 2.45) is 5.41 Å². The number of nitrogens with zero attached hydrogens (tertiary/aromatic N) is 2. The van der Waals surface area contributed by atoms with E-state index in [-0.39, 0.29) is 0 Å². The van der Waals surface area contributed by atoms with Crippen molar-refractivity contribution in [3.05, 3.63) is 23.5 Å². The lowest BCUT2D eigenvalue weighted by Gasteiger charge is -2.27.